The lowest BCUT2D eigenvalue weighted by atomic mass is 10.2. The van der Waals surface area contributed by atoms with Crippen molar-refractivity contribution in [2.75, 3.05) is 26.7 Å². The maximum atomic E-state index is 12.0. The average molecular weight is 313 g/mol. The SMILES string of the molecule is CCN(CC)CC(=O)N(C)Cc1ccc(Br)cc1. The van der Waals surface area contributed by atoms with Crippen LogP contribution in [0, 0.1) is 0 Å². The van der Waals surface area contributed by atoms with E-state index in [4.69, 9.17) is 0 Å². The van der Waals surface area contributed by atoms with E-state index in [-0.39, 0.29) is 5.91 Å². The third kappa shape index (κ3) is 4.78. The highest BCUT2D eigenvalue weighted by Crippen LogP contribution is 2.11. The van der Waals surface area contributed by atoms with Crippen LogP contribution >= 0.6 is 15.9 Å². The zero-order valence-electron chi connectivity index (χ0n) is 11.3. The first kappa shape index (κ1) is 15.2. The molecule has 0 heterocycles. The maximum absolute atomic E-state index is 12.0. The van der Waals surface area contributed by atoms with Crippen LogP contribution in [-0.2, 0) is 11.3 Å². The number of rotatable bonds is 6. The van der Waals surface area contributed by atoms with Crippen molar-refractivity contribution in [2.24, 2.45) is 0 Å². The Labute approximate surface area is 118 Å². The molecule has 4 heteroatoms. The Morgan fingerprint density at radius 3 is 2.22 bits per heavy atom. The Morgan fingerprint density at radius 2 is 1.72 bits per heavy atom. The van der Waals surface area contributed by atoms with Gasteiger partial charge >= 0.3 is 0 Å². The van der Waals surface area contributed by atoms with E-state index in [1.165, 1.54) is 0 Å². The van der Waals surface area contributed by atoms with Crippen molar-refractivity contribution >= 4 is 21.8 Å². The molecule has 1 aromatic rings. The number of likely N-dealkylation sites (N-methyl/N-ethyl adjacent to an activating group) is 2. The summed E-state index contributed by atoms with van der Waals surface area (Å²) in [6.07, 6.45) is 0. The first-order valence-corrected chi connectivity index (χ1v) is 7.06. The summed E-state index contributed by atoms with van der Waals surface area (Å²) < 4.78 is 1.06. The van der Waals surface area contributed by atoms with Crippen molar-refractivity contribution in [1.29, 1.82) is 0 Å². The minimum atomic E-state index is 0.168. The van der Waals surface area contributed by atoms with Gasteiger partial charge in [0.1, 0.15) is 0 Å². The van der Waals surface area contributed by atoms with Gasteiger partial charge in [-0.3, -0.25) is 9.69 Å². The zero-order chi connectivity index (χ0) is 13.5. The van der Waals surface area contributed by atoms with Crippen molar-refractivity contribution < 1.29 is 4.79 Å². The van der Waals surface area contributed by atoms with E-state index in [1.54, 1.807) is 4.90 Å². The molecular formula is C14H21BrN2O. The number of hydrogen-bond acceptors (Lipinski definition) is 2. The summed E-state index contributed by atoms with van der Waals surface area (Å²) in [6, 6.07) is 8.06. The molecule has 0 aromatic heterocycles. The van der Waals surface area contributed by atoms with Crippen LogP contribution in [0.2, 0.25) is 0 Å². The van der Waals surface area contributed by atoms with E-state index in [9.17, 15) is 4.79 Å². The summed E-state index contributed by atoms with van der Waals surface area (Å²) in [5.41, 5.74) is 1.15. The van der Waals surface area contributed by atoms with E-state index >= 15 is 0 Å². The third-order valence-electron chi connectivity index (χ3n) is 3.01. The minimum Gasteiger partial charge on any atom is -0.340 e. The number of carbonyl (C=O) groups excluding carboxylic acids is 1. The van der Waals surface area contributed by atoms with E-state index in [0.717, 1.165) is 23.1 Å². The molecule has 1 aromatic carbocycles. The molecule has 0 radical (unpaired) electrons. The minimum absolute atomic E-state index is 0.168. The molecular weight excluding hydrogens is 292 g/mol. The molecule has 0 spiro atoms. The Morgan fingerprint density at radius 1 is 1.17 bits per heavy atom. The lowest BCUT2D eigenvalue weighted by Gasteiger charge is -2.22. The molecule has 0 N–H and O–H groups in total. The Balaban J connectivity index is 2.51. The van der Waals surface area contributed by atoms with Gasteiger partial charge in [-0.25, -0.2) is 0 Å². The predicted molar refractivity (Wildman–Crippen MR) is 78.4 cm³/mol. The molecule has 0 aliphatic rings. The number of nitrogens with zero attached hydrogens (tertiary/aromatic N) is 2. The molecule has 0 fully saturated rings. The van der Waals surface area contributed by atoms with Crippen molar-refractivity contribution in [3.8, 4) is 0 Å². The zero-order valence-corrected chi connectivity index (χ0v) is 12.9. The molecule has 18 heavy (non-hydrogen) atoms. The van der Waals surface area contributed by atoms with E-state index in [0.29, 0.717) is 13.1 Å². The Hall–Kier alpha value is -0.870. The number of amides is 1. The molecule has 0 aliphatic heterocycles. The summed E-state index contributed by atoms with van der Waals surface area (Å²) >= 11 is 3.40. The first-order chi connectivity index (χ1) is 8.56. The maximum Gasteiger partial charge on any atom is 0.236 e. The summed E-state index contributed by atoms with van der Waals surface area (Å²) in [7, 11) is 1.86. The quantitative estimate of drug-likeness (QED) is 0.806. The van der Waals surface area contributed by atoms with Crippen LogP contribution in [0.25, 0.3) is 0 Å². The lowest BCUT2D eigenvalue weighted by Crippen LogP contribution is -2.37. The number of halogens is 1. The van der Waals surface area contributed by atoms with E-state index in [1.807, 2.05) is 31.3 Å². The van der Waals surface area contributed by atoms with Crippen LogP contribution < -0.4 is 0 Å². The van der Waals surface area contributed by atoms with Crippen LogP contribution in [0.5, 0.6) is 0 Å². The molecule has 0 saturated heterocycles. The van der Waals surface area contributed by atoms with Crippen LogP contribution in [0.15, 0.2) is 28.7 Å². The summed E-state index contributed by atoms with van der Waals surface area (Å²) in [6.45, 7) is 7.13. The molecule has 3 nitrogen and oxygen atoms in total. The lowest BCUT2D eigenvalue weighted by molar-refractivity contribution is -0.131. The normalized spacial score (nSPS) is 10.7. The van der Waals surface area contributed by atoms with Crippen molar-refractivity contribution in [1.82, 2.24) is 9.80 Å². The van der Waals surface area contributed by atoms with Gasteiger partial charge in [-0.1, -0.05) is 41.9 Å². The molecule has 1 amide bonds. The fourth-order valence-corrected chi connectivity index (χ4v) is 1.98. The van der Waals surface area contributed by atoms with Gasteiger partial charge in [0.05, 0.1) is 6.54 Å². The van der Waals surface area contributed by atoms with E-state index < -0.39 is 0 Å². The highest BCUT2D eigenvalue weighted by Gasteiger charge is 2.12. The third-order valence-corrected chi connectivity index (χ3v) is 3.54. The largest absolute Gasteiger partial charge is 0.340 e. The molecule has 0 aliphatic carbocycles. The standard InChI is InChI=1S/C14H21BrN2O/c1-4-17(5-2)11-14(18)16(3)10-12-6-8-13(15)9-7-12/h6-9H,4-5,10-11H2,1-3H3. The molecule has 0 unspecified atom stereocenters. The van der Waals surface area contributed by atoms with Crippen LogP contribution in [0.4, 0.5) is 0 Å². The predicted octanol–water partition coefficient (Wildman–Crippen LogP) is 2.75. The number of carbonyl (C=O) groups is 1. The highest BCUT2D eigenvalue weighted by atomic mass is 79.9. The van der Waals surface area contributed by atoms with Crippen LogP contribution in [0.3, 0.4) is 0 Å². The number of benzene rings is 1. The van der Waals surface area contributed by atoms with Crippen LogP contribution in [-0.4, -0.2) is 42.4 Å². The fourth-order valence-electron chi connectivity index (χ4n) is 1.71. The summed E-state index contributed by atoms with van der Waals surface area (Å²) in [4.78, 5) is 15.9. The Kier molecular flexibility index (Phi) is 6.36. The van der Waals surface area contributed by atoms with Crippen LogP contribution in [0.1, 0.15) is 19.4 Å². The van der Waals surface area contributed by atoms with Gasteiger partial charge in [-0.2, -0.15) is 0 Å². The summed E-state index contributed by atoms with van der Waals surface area (Å²) in [5, 5.41) is 0. The van der Waals surface area contributed by atoms with Gasteiger partial charge in [0.2, 0.25) is 5.91 Å². The van der Waals surface area contributed by atoms with Gasteiger partial charge in [0.15, 0.2) is 0 Å². The van der Waals surface area contributed by atoms with Crippen molar-refractivity contribution in [3.05, 3.63) is 34.3 Å². The smallest absolute Gasteiger partial charge is 0.236 e. The topological polar surface area (TPSA) is 23.6 Å². The van der Waals surface area contributed by atoms with Crippen molar-refractivity contribution in [2.45, 2.75) is 20.4 Å². The second kappa shape index (κ2) is 7.54. The molecule has 1 rings (SSSR count). The fraction of sp³-hybridized carbons (Fsp3) is 0.500. The van der Waals surface area contributed by atoms with E-state index in [2.05, 4.69) is 34.7 Å². The van der Waals surface area contributed by atoms with Gasteiger partial charge in [-0.15, -0.1) is 0 Å². The van der Waals surface area contributed by atoms with Gasteiger partial charge in [0, 0.05) is 18.1 Å². The molecule has 0 atom stereocenters. The van der Waals surface area contributed by atoms with Crippen molar-refractivity contribution in [3.63, 3.8) is 0 Å². The first-order valence-electron chi connectivity index (χ1n) is 6.27. The second-order valence-electron chi connectivity index (χ2n) is 4.34. The van der Waals surface area contributed by atoms with Gasteiger partial charge < -0.3 is 4.90 Å². The van der Waals surface area contributed by atoms with Gasteiger partial charge in [-0.05, 0) is 30.8 Å². The molecule has 100 valence electrons. The highest BCUT2D eigenvalue weighted by molar-refractivity contribution is 9.10. The molecule has 0 bridgehead atoms. The number of hydrogen-bond donors (Lipinski definition) is 0. The Bertz CT molecular complexity index is 374. The van der Waals surface area contributed by atoms with Gasteiger partial charge in [0.25, 0.3) is 0 Å². The monoisotopic (exact) mass is 312 g/mol. The molecule has 0 saturated carbocycles. The average Bonchev–Trinajstić information content (AvgIpc) is 2.38. The summed E-state index contributed by atoms with van der Waals surface area (Å²) in [5.74, 6) is 0.168. The second-order valence-corrected chi connectivity index (χ2v) is 5.25.